The van der Waals surface area contributed by atoms with Gasteiger partial charge in [0.2, 0.25) is 5.91 Å². The monoisotopic (exact) mass is 233 g/mol. The molecule has 0 saturated heterocycles. The zero-order valence-electron chi connectivity index (χ0n) is 9.39. The molecule has 2 rings (SSSR count). The number of aromatic nitrogens is 2. The average molecular weight is 233 g/mol. The van der Waals surface area contributed by atoms with Gasteiger partial charge in [0.15, 0.2) is 0 Å². The molecule has 0 bridgehead atoms. The van der Waals surface area contributed by atoms with E-state index in [0.717, 1.165) is 0 Å². The van der Waals surface area contributed by atoms with Gasteiger partial charge in [-0.25, -0.2) is 9.78 Å². The summed E-state index contributed by atoms with van der Waals surface area (Å²) in [7, 11) is 1.72. The number of nitrogens with one attached hydrogen (secondary N) is 1. The molecule has 2 aromatic rings. The standard InChI is InChI=1S/C11H11N3O3/c1-6(15)13-7-3-8(11(16)17)10-9(4-7)12-5-14(10)2/h3-5H,1-2H3,(H,13,15)(H,16,17). The van der Waals surface area contributed by atoms with Gasteiger partial charge in [-0.05, 0) is 12.1 Å². The van der Waals surface area contributed by atoms with Gasteiger partial charge in [0.1, 0.15) is 0 Å². The van der Waals surface area contributed by atoms with Crippen LogP contribution in [0.4, 0.5) is 5.69 Å². The third-order valence-corrected chi connectivity index (χ3v) is 2.36. The number of hydrogen-bond donors (Lipinski definition) is 2. The lowest BCUT2D eigenvalue weighted by molar-refractivity contribution is -0.114. The van der Waals surface area contributed by atoms with Gasteiger partial charge in [-0.2, -0.15) is 0 Å². The van der Waals surface area contributed by atoms with Crippen LogP contribution in [0, 0.1) is 0 Å². The molecule has 17 heavy (non-hydrogen) atoms. The minimum absolute atomic E-state index is 0.117. The summed E-state index contributed by atoms with van der Waals surface area (Å²) in [5.41, 5.74) is 1.62. The zero-order valence-corrected chi connectivity index (χ0v) is 9.39. The Morgan fingerprint density at radius 3 is 2.71 bits per heavy atom. The number of hydrogen-bond acceptors (Lipinski definition) is 3. The molecule has 1 aromatic carbocycles. The quantitative estimate of drug-likeness (QED) is 0.817. The molecular weight excluding hydrogens is 222 g/mol. The smallest absolute Gasteiger partial charge is 0.337 e. The molecule has 88 valence electrons. The number of anilines is 1. The van der Waals surface area contributed by atoms with Gasteiger partial charge in [-0.3, -0.25) is 4.79 Å². The number of amides is 1. The second-order valence-corrected chi connectivity index (χ2v) is 3.73. The molecule has 0 aliphatic heterocycles. The van der Waals surface area contributed by atoms with Crippen molar-refractivity contribution in [3.63, 3.8) is 0 Å². The third-order valence-electron chi connectivity index (χ3n) is 2.36. The largest absolute Gasteiger partial charge is 0.478 e. The van der Waals surface area contributed by atoms with Gasteiger partial charge in [-0.1, -0.05) is 0 Å². The summed E-state index contributed by atoms with van der Waals surface area (Å²) >= 11 is 0. The normalized spacial score (nSPS) is 10.5. The highest BCUT2D eigenvalue weighted by Crippen LogP contribution is 2.22. The summed E-state index contributed by atoms with van der Waals surface area (Å²) in [5.74, 6) is -1.30. The lowest BCUT2D eigenvalue weighted by Crippen LogP contribution is -2.08. The molecule has 6 heteroatoms. The van der Waals surface area contributed by atoms with E-state index in [0.29, 0.717) is 16.7 Å². The van der Waals surface area contributed by atoms with Gasteiger partial charge in [0.25, 0.3) is 0 Å². The molecule has 6 nitrogen and oxygen atoms in total. The molecular formula is C11H11N3O3. The Kier molecular flexibility index (Phi) is 2.55. The van der Waals surface area contributed by atoms with Crippen molar-refractivity contribution >= 4 is 28.6 Å². The van der Waals surface area contributed by atoms with Crippen molar-refractivity contribution in [1.82, 2.24) is 9.55 Å². The van der Waals surface area contributed by atoms with E-state index in [1.807, 2.05) is 0 Å². The van der Waals surface area contributed by atoms with Crippen molar-refractivity contribution < 1.29 is 14.7 Å². The Hall–Kier alpha value is -2.37. The molecule has 1 amide bonds. The number of carbonyl (C=O) groups is 2. The van der Waals surface area contributed by atoms with Gasteiger partial charge >= 0.3 is 5.97 Å². The second kappa shape index (κ2) is 3.89. The van der Waals surface area contributed by atoms with E-state index in [1.54, 1.807) is 17.7 Å². The van der Waals surface area contributed by atoms with E-state index in [1.165, 1.54) is 19.3 Å². The number of nitrogens with zero attached hydrogens (tertiary/aromatic N) is 2. The maximum Gasteiger partial charge on any atom is 0.337 e. The van der Waals surface area contributed by atoms with Crippen LogP contribution in [0.25, 0.3) is 11.0 Å². The first-order valence-corrected chi connectivity index (χ1v) is 4.95. The van der Waals surface area contributed by atoms with Crippen LogP contribution in [-0.4, -0.2) is 26.5 Å². The molecule has 2 N–H and O–H groups in total. The van der Waals surface area contributed by atoms with E-state index < -0.39 is 5.97 Å². The molecule has 0 spiro atoms. The molecule has 0 saturated carbocycles. The molecule has 0 fully saturated rings. The number of benzene rings is 1. The van der Waals surface area contributed by atoms with Crippen LogP contribution >= 0.6 is 0 Å². The van der Waals surface area contributed by atoms with Crippen LogP contribution in [-0.2, 0) is 11.8 Å². The number of aromatic carboxylic acids is 1. The van der Waals surface area contributed by atoms with E-state index in [-0.39, 0.29) is 11.5 Å². The fourth-order valence-corrected chi connectivity index (χ4v) is 1.73. The summed E-state index contributed by atoms with van der Waals surface area (Å²) in [6.45, 7) is 1.36. The number of rotatable bonds is 2. The maximum absolute atomic E-state index is 11.1. The molecule has 1 aromatic heterocycles. The first-order chi connectivity index (χ1) is 7.99. The van der Waals surface area contributed by atoms with Crippen LogP contribution in [0.1, 0.15) is 17.3 Å². The SMILES string of the molecule is CC(=O)Nc1cc(C(=O)O)c2c(c1)ncn2C. The van der Waals surface area contributed by atoms with Crippen molar-refractivity contribution in [1.29, 1.82) is 0 Å². The zero-order chi connectivity index (χ0) is 12.6. The molecule has 0 aliphatic carbocycles. The Morgan fingerprint density at radius 1 is 1.41 bits per heavy atom. The van der Waals surface area contributed by atoms with Gasteiger partial charge in [0.05, 0.1) is 22.9 Å². The van der Waals surface area contributed by atoms with E-state index in [2.05, 4.69) is 10.3 Å². The Balaban J connectivity index is 2.68. The fraction of sp³-hybridized carbons (Fsp3) is 0.182. The molecule has 0 atom stereocenters. The summed E-state index contributed by atoms with van der Waals surface area (Å²) in [6, 6.07) is 3.07. The number of fused-ring (bicyclic) bond motifs is 1. The predicted octanol–water partition coefficient (Wildman–Crippen LogP) is 1.23. The number of carbonyl (C=O) groups excluding carboxylic acids is 1. The number of aryl methyl sites for hydroxylation is 1. The van der Waals surface area contributed by atoms with Gasteiger partial charge < -0.3 is 15.0 Å². The predicted molar refractivity (Wildman–Crippen MR) is 62.0 cm³/mol. The summed E-state index contributed by atoms with van der Waals surface area (Å²) in [6.07, 6.45) is 1.54. The van der Waals surface area contributed by atoms with E-state index in [9.17, 15) is 9.59 Å². The molecule has 1 heterocycles. The number of carboxylic acid groups (broad SMARTS) is 1. The minimum Gasteiger partial charge on any atom is -0.478 e. The highest BCUT2D eigenvalue weighted by Gasteiger charge is 2.14. The summed E-state index contributed by atoms with van der Waals surface area (Å²) < 4.78 is 1.64. The van der Waals surface area contributed by atoms with Crippen LogP contribution in [0.3, 0.4) is 0 Å². The number of imidazole rings is 1. The lowest BCUT2D eigenvalue weighted by Gasteiger charge is -2.05. The van der Waals surface area contributed by atoms with Crippen molar-refractivity contribution in [3.05, 3.63) is 24.0 Å². The van der Waals surface area contributed by atoms with Crippen molar-refractivity contribution in [2.45, 2.75) is 6.92 Å². The highest BCUT2D eigenvalue weighted by molar-refractivity contribution is 6.04. The highest BCUT2D eigenvalue weighted by atomic mass is 16.4. The van der Waals surface area contributed by atoms with Crippen LogP contribution < -0.4 is 5.32 Å². The minimum atomic E-state index is -1.05. The van der Waals surface area contributed by atoms with Crippen LogP contribution in [0.2, 0.25) is 0 Å². The lowest BCUT2D eigenvalue weighted by atomic mass is 10.1. The second-order valence-electron chi connectivity index (χ2n) is 3.73. The molecule has 0 aliphatic rings. The summed E-state index contributed by atoms with van der Waals surface area (Å²) in [4.78, 5) is 26.2. The topological polar surface area (TPSA) is 84.2 Å². The summed E-state index contributed by atoms with van der Waals surface area (Å²) in [5, 5.41) is 11.7. The van der Waals surface area contributed by atoms with Gasteiger partial charge in [-0.15, -0.1) is 0 Å². The van der Waals surface area contributed by atoms with E-state index in [4.69, 9.17) is 5.11 Å². The molecule has 0 unspecified atom stereocenters. The third kappa shape index (κ3) is 1.96. The van der Waals surface area contributed by atoms with Crippen LogP contribution in [0.5, 0.6) is 0 Å². The van der Waals surface area contributed by atoms with Gasteiger partial charge in [0, 0.05) is 19.7 Å². The van der Waals surface area contributed by atoms with Crippen LogP contribution in [0.15, 0.2) is 18.5 Å². The first-order valence-electron chi connectivity index (χ1n) is 4.95. The van der Waals surface area contributed by atoms with Crippen molar-refractivity contribution in [2.24, 2.45) is 7.05 Å². The maximum atomic E-state index is 11.1. The molecule has 0 radical (unpaired) electrons. The Morgan fingerprint density at radius 2 is 2.12 bits per heavy atom. The first kappa shape index (κ1) is 11.1. The Bertz CT molecular complexity index is 616. The van der Waals surface area contributed by atoms with Crippen molar-refractivity contribution in [2.75, 3.05) is 5.32 Å². The van der Waals surface area contributed by atoms with E-state index >= 15 is 0 Å². The average Bonchev–Trinajstić information content (AvgIpc) is 2.58. The Labute approximate surface area is 96.9 Å². The number of carboxylic acids is 1. The van der Waals surface area contributed by atoms with Crippen molar-refractivity contribution in [3.8, 4) is 0 Å². The fourth-order valence-electron chi connectivity index (χ4n) is 1.73.